The normalized spacial score (nSPS) is 11.5. The van der Waals surface area contributed by atoms with Crippen LogP contribution < -0.4 is 5.32 Å². The number of non-ortho nitro benzene ring substituents is 1. The summed E-state index contributed by atoms with van der Waals surface area (Å²) in [4.78, 5) is 29.0. The third kappa shape index (κ3) is 4.07. The van der Waals surface area contributed by atoms with E-state index in [1.807, 2.05) is 6.92 Å². The molecule has 0 saturated heterocycles. The summed E-state index contributed by atoms with van der Waals surface area (Å²) in [6, 6.07) is 8.66. The van der Waals surface area contributed by atoms with Gasteiger partial charge < -0.3 is 10.3 Å². The fourth-order valence-electron chi connectivity index (χ4n) is 2.40. The Hall–Kier alpha value is -2.98. The number of halogens is 1. The molecule has 9 nitrogen and oxygen atoms in total. The Bertz CT molecular complexity index is 1170. The Morgan fingerprint density at radius 1 is 1.30 bits per heavy atom. The Morgan fingerprint density at radius 3 is 2.74 bits per heavy atom. The fourth-order valence-corrected chi connectivity index (χ4v) is 3.62. The molecule has 0 atom stereocenters. The summed E-state index contributed by atoms with van der Waals surface area (Å²) < 4.78 is 24.9. The average Bonchev–Trinajstić information content (AvgIpc) is 3.00. The van der Waals surface area contributed by atoms with Crippen LogP contribution in [0.25, 0.3) is 11.0 Å². The monoisotopic (exact) mass is 408 g/mol. The number of aromatic amines is 1. The predicted molar refractivity (Wildman–Crippen MR) is 99.6 cm³/mol. The Balaban J connectivity index is 1.82. The molecular formula is C16H13ClN4O5S. The molecule has 11 heteroatoms. The lowest BCUT2D eigenvalue weighted by atomic mass is 10.2. The third-order valence-corrected chi connectivity index (χ3v) is 5.42. The molecule has 27 heavy (non-hydrogen) atoms. The largest absolute Gasteiger partial charge is 0.329 e. The number of nitrogens with zero attached hydrogens (tertiary/aromatic N) is 2. The molecule has 0 spiro atoms. The number of carbonyl (C=O) groups excluding carboxylic acids is 1. The van der Waals surface area contributed by atoms with Crippen molar-refractivity contribution in [2.45, 2.75) is 12.1 Å². The quantitative estimate of drug-likeness (QED) is 0.492. The zero-order valence-corrected chi connectivity index (χ0v) is 15.5. The Labute approximate surface area is 158 Å². The number of benzene rings is 2. The number of H-pyrrole nitrogens is 1. The van der Waals surface area contributed by atoms with Gasteiger partial charge in [-0.15, -0.1) is 0 Å². The standard InChI is InChI=1S/C16H13ClN4O5S/c1-9-2-5-12-14(6-9)20-16(19-12)27(25,26)8-15(22)18-13-7-10(21(23)24)3-4-11(13)17/h2-7H,8H2,1H3,(H,18,22)(H,19,20). The lowest BCUT2D eigenvalue weighted by Crippen LogP contribution is -2.23. The van der Waals surface area contributed by atoms with Crippen molar-refractivity contribution in [3.05, 3.63) is 57.1 Å². The molecule has 0 saturated carbocycles. The van der Waals surface area contributed by atoms with Gasteiger partial charge in [0, 0.05) is 12.1 Å². The van der Waals surface area contributed by atoms with Gasteiger partial charge in [0.25, 0.3) is 5.69 Å². The van der Waals surface area contributed by atoms with Crippen LogP contribution in [0.1, 0.15) is 5.56 Å². The van der Waals surface area contributed by atoms with E-state index < -0.39 is 26.4 Å². The molecule has 0 aliphatic rings. The van der Waals surface area contributed by atoms with Crippen LogP contribution in [0.3, 0.4) is 0 Å². The minimum atomic E-state index is -4.05. The molecule has 0 bridgehead atoms. The summed E-state index contributed by atoms with van der Waals surface area (Å²) in [5.74, 6) is -1.79. The van der Waals surface area contributed by atoms with Gasteiger partial charge in [0.1, 0.15) is 5.75 Å². The summed E-state index contributed by atoms with van der Waals surface area (Å²) in [6.45, 7) is 1.85. The highest BCUT2D eigenvalue weighted by molar-refractivity contribution is 7.92. The summed E-state index contributed by atoms with van der Waals surface area (Å²) in [5.41, 5.74) is 1.58. The van der Waals surface area contributed by atoms with Crippen LogP contribution in [-0.2, 0) is 14.6 Å². The van der Waals surface area contributed by atoms with E-state index in [9.17, 15) is 23.3 Å². The lowest BCUT2D eigenvalue weighted by Gasteiger charge is -2.07. The molecule has 140 valence electrons. The number of rotatable bonds is 5. The maximum absolute atomic E-state index is 12.5. The van der Waals surface area contributed by atoms with Gasteiger partial charge in [-0.1, -0.05) is 17.7 Å². The van der Waals surface area contributed by atoms with E-state index in [0.717, 1.165) is 11.6 Å². The minimum absolute atomic E-state index is 0.0468. The molecule has 1 heterocycles. The van der Waals surface area contributed by atoms with E-state index in [1.165, 1.54) is 12.1 Å². The van der Waals surface area contributed by atoms with E-state index in [-0.39, 0.29) is 21.6 Å². The second kappa shape index (κ2) is 6.97. The number of anilines is 1. The second-order valence-corrected chi connectivity index (χ2v) is 8.10. The number of nitro benzene ring substituents is 1. The van der Waals surface area contributed by atoms with Gasteiger partial charge in [-0.2, -0.15) is 0 Å². The molecule has 3 rings (SSSR count). The average molecular weight is 409 g/mol. The SMILES string of the molecule is Cc1ccc2nc(S(=O)(=O)CC(=O)Nc3cc([N+](=O)[O-])ccc3Cl)[nH]c2c1. The van der Waals surface area contributed by atoms with Crippen molar-refractivity contribution in [3.8, 4) is 0 Å². The van der Waals surface area contributed by atoms with Crippen LogP contribution in [0.5, 0.6) is 0 Å². The highest BCUT2D eigenvalue weighted by atomic mass is 35.5. The van der Waals surface area contributed by atoms with Gasteiger partial charge in [-0.3, -0.25) is 14.9 Å². The van der Waals surface area contributed by atoms with Gasteiger partial charge in [0.2, 0.25) is 20.9 Å². The molecular weight excluding hydrogens is 396 g/mol. The zero-order valence-electron chi connectivity index (χ0n) is 13.9. The number of aryl methyl sites for hydroxylation is 1. The maximum atomic E-state index is 12.5. The first-order valence-electron chi connectivity index (χ1n) is 7.58. The number of imidazole rings is 1. The van der Waals surface area contributed by atoms with Crippen LogP contribution in [-0.4, -0.2) is 35.0 Å². The number of fused-ring (bicyclic) bond motifs is 1. The molecule has 0 unspecified atom stereocenters. The highest BCUT2D eigenvalue weighted by Crippen LogP contribution is 2.27. The molecule has 1 aromatic heterocycles. The number of hydrogen-bond donors (Lipinski definition) is 2. The van der Waals surface area contributed by atoms with Crippen LogP contribution in [0.15, 0.2) is 41.6 Å². The highest BCUT2D eigenvalue weighted by Gasteiger charge is 2.24. The molecule has 0 radical (unpaired) electrons. The van der Waals surface area contributed by atoms with Gasteiger partial charge in [-0.25, -0.2) is 13.4 Å². The summed E-state index contributed by atoms with van der Waals surface area (Å²) in [5, 5.41) is 12.8. The van der Waals surface area contributed by atoms with Crippen LogP contribution in [0, 0.1) is 17.0 Å². The molecule has 1 amide bonds. The number of nitrogens with one attached hydrogen (secondary N) is 2. The van der Waals surface area contributed by atoms with Gasteiger partial charge in [0.05, 0.1) is 26.7 Å². The van der Waals surface area contributed by atoms with Crippen molar-refractivity contribution in [2.75, 3.05) is 11.1 Å². The van der Waals surface area contributed by atoms with E-state index in [2.05, 4.69) is 15.3 Å². The van der Waals surface area contributed by atoms with E-state index in [0.29, 0.717) is 11.0 Å². The summed E-state index contributed by atoms with van der Waals surface area (Å²) in [6.07, 6.45) is 0. The molecule has 0 aliphatic heterocycles. The lowest BCUT2D eigenvalue weighted by molar-refractivity contribution is -0.384. The first kappa shape index (κ1) is 18.8. The van der Waals surface area contributed by atoms with Crippen molar-refractivity contribution in [2.24, 2.45) is 0 Å². The smallest absolute Gasteiger partial charge is 0.271 e. The number of amides is 1. The van der Waals surface area contributed by atoms with Crippen LogP contribution in [0.2, 0.25) is 5.02 Å². The molecule has 2 N–H and O–H groups in total. The number of carbonyl (C=O) groups is 1. The number of hydrogen-bond acceptors (Lipinski definition) is 6. The first-order valence-corrected chi connectivity index (χ1v) is 9.62. The Morgan fingerprint density at radius 2 is 2.04 bits per heavy atom. The minimum Gasteiger partial charge on any atom is -0.329 e. The second-order valence-electron chi connectivity index (χ2n) is 5.79. The first-order chi connectivity index (χ1) is 12.7. The van der Waals surface area contributed by atoms with E-state index in [4.69, 9.17) is 11.6 Å². The predicted octanol–water partition coefficient (Wildman–Crippen LogP) is 2.85. The van der Waals surface area contributed by atoms with Crippen molar-refractivity contribution in [1.29, 1.82) is 0 Å². The van der Waals surface area contributed by atoms with E-state index in [1.54, 1.807) is 18.2 Å². The van der Waals surface area contributed by atoms with Gasteiger partial charge in [0.15, 0.2) is 0 Å². The Kier molecular flexibility index (Phi) is 4.85. The van der Waals surface area contributed by atoms with Crippen molar-refractivity contribution in [1.82, 2.24) is 9.97 Å². The molecule has 3 aromatic rings. The van der Waals surface area contributed by atoms with Crippen molar-refractivity contribution < 1.29 is 18.1 Å². The van der Waals surface area contributed by atoms with Crippen LogP contribution in [0.4, 0.5) is 11.4 Å². The van der Waals surface area contributed by atoms with Crippen molar-refractivity contribution >= 4 is 49.8 Å². The molecule has 2 aromatic carbocycles. The maximum Gasteiger partial charge on any atom is 0.271 e. The number of nitro groups is 1. The van der Waals surface area contributed by atoms with Gasteiger partial charge >= 0.3 is 0 Å². The van der Waals surface area contributed by atoms with E-state index >= 15 is 0 Å². The summed E-state index contributed by atoms with van der Waals surface area (Å²) >= 11 is 5.90. The number of sulfone groups is 1. The fraction of sp³-hybridized carbons (Fsp3) is 0.125. The van der Waals surface area contributed by atoms with Gasteiger partial charge in [-0.05, 0) is 30.7 Å². The summed E-state index contributed by atoms with van der Waals surface area (Å²) in [7, 11) is -4.05. The molecule has 0 fully saturated rings. The molecule has 0 aliphatic carbocycles. The van der Waals surface area contributed by atoms with Crippen LogP contribution >= 0.6 is 11.6 Å². The third-order valence-electron chi connectivity index (χ3n) is 3.67. The zero-order chi connectivity index (χ0) is 19.8. The topological polar surface area (TPSA) is 135 Å². The number of aromatic nitrogens is 2. The van der Waals surface area contributed by atoms with Crippen molar-refractivity contribution in [3.63, 3.8) is 0 Å².